The van der Waals surface area contributed by atoms with Gasteiger partial charge in [-0.25, -0.2) is 9.59 Å². The second kappa shape index (κ2) is 4.16. The van der Waals surface area contributed by atoms with Crippen LogP contribution in [0.5, 0.6) is 0 Å². The first kappa shape index (κ1) is 10.2. The summed E-state index contributed by atoms with van der Waals surface area (Å²) in [5.41, 5.74) is -3.83. The van der Waals surface area contributed by atoms with Crippen molar-refractivity contribution in [1.29, 1.82) is 0 Å². The van der Waals surface area contributed by atoms with Crippen molar-refractivity contribution in [2.24, 2.45) is 0 Å². The third-order valence-corrected chi connectivity index (χ3v) is 1.60. The smallest absolute Gasteiger partial charge is 0.343 e. The van der Waals surface area contributed by atoms with Crippen LogP contribution in [0.1, 0.15) is 0 Å². The number of carbonyl (C=O) groups is 2. The lowest BCUT2D eigenvalue weighted by molar-refractivity contribution is -0.142. The molecule has 0 bridgehead atoms. The van der Waals surface area contributed by atoms with Gasteiger partial charge in [-0.3, -0.25) is 0 Å². The first-order valence-electron chi connectivity index (χ1n) is 2.42. The highest BCUT2D eigenvalue weighted by Crippen LogP contribution is 2.13. The Morgan fingerprint density at radius 2 is 1.27 bits per heavy atom. The van der Waals surface area contributed by atoms with Crippen LogP contribution in [0.2, 0.25) is 0 Å². The Balaban J connectivity index is 3.84. The maximum atomic E-state index is 9.88. The highest BCUT2D eigenvalue weighted by Gasteiger charge is 2.23. The highest BCUT2D eigenvalue weighted by atomic mass is 32.2. The van der Waals surface area contributed by atoms with Crippen molar-refractivity contribution in [3.63, 3.8) is 0 Å². The maximum Gasteiger partial charge on any atom is 0.343 e. The molecule has 64 valence electrons. The average molecular weight is 182 g/mol. The van der Waals surface area contributed by atoms with Crippen LogP contribution < -0.4 is 0 Å². The topological polar surface area (TPSA) is 115 Å². The molecule has 0 fully saturated rings. The molecule has 0 rings (SSSR count). The Bertz CT molecular complexity index is 150. The lowest BCUT2D eigenvalue weighted by atomic mass is 10.7. The summed E-state index contributed by atoms with van der Waals surface area (Å²) in [5, 5.41) is 33.0. The molecular weight excluding hydrogens is 176 g/mol. The van der Waals surface area contributed by atoms with E-state index in [-0.39, 0.29) is 11.8 Å². The van der Waals surface area contributed by atoms with Gasteiger partial charge in [-0.15, -0.1) is 0 Å². The number of aliphatic hydroxyl groups excluding tert-OH is 2. The molecule has 0 aliphatic carbocycles. The fraction of sp³-hybridized carbons (Fsp3) is 0.500. The number of rotatable bonds is 4. The standard InChI is InChI=1S/C4H6O6S/c5-1(6)3(9)11-4(10)2(7)8/h3-4,9-10H,(H,5,6)(H,7,8)/t3-,4+. The maximum absolute atomic E-state index is 9.88. The van der Waals surface area contributed by atoms with Crippen molar-refractivity contribution in [1.82, 2.24) is 0 Å². The van der Waals surface area contributed by atoms with Crippen LogP contribution in [0.25, 0.3) is 0 Å². The second-order valence-corrected chi connectivity index (χ2v) is 2.68. The fourth-order valence-electron chi connectivity index (χ4n) is 0.239. The molecule has 0 unspecified atom stereocenters. The minimum atomic E-state index is -1.92. The predicted octanol–water partition coefficient (Wildman–Crippen LogP) is -1.47. The van der Waals surface area contributed by atoms with Gasteiger partial charge in [0, 0.05) is 0 Å². The molecule has 0 spiro atoms. The molecule has 4 N–H and O–H groups in total. The first-order chi connectivity index (χ1) is 4.95. The van der Waals surface area contributed by atoms with E-state index in [1.807, 2.05) is 0 Å². The molecule has 11 heavy (non-hydrogen) atoms. The van der Waals surface area contributed by atoms with Crippen LogP contribution in [0, 0.1) is 0 Å². The number of aliphatic hydroxyl groups is 2. The van der Waals surface area contributed by atoms with Crippen LogP contribution in [-0.2, 0) is 9.59 Å². The Kier molecular flexibility index (Phi) is 3.86. The van der Waals surface area contributed by atoms with Crippen LogP contribution in [0.4, 0.5) is 0 Å². The van der Waals surface area contributed by atoms with E-state index in [1.165, 1.54) is 0 Å². The Morgan fingerprint density at radius 3 is 1.45 bits per heavy atom. The molecule has 0 aromatic rings. The van der Waals surface area contributed by atoms with Gasteiger partial charge in [0.05, 0.1) is 0 Å². The first-order valence-corrected chi connectivity index (χ1v) is 3.36. The number of thioether (sulfide) groups is 1. The molecule has 0 radical (unpaired) electrons. The average Bonchev–Trinajstić information content (AvgIpc) is 1.87. The quantitative estimate of drug-likeness (QED) is 0.392. The molecular formula is C4H6O6S. The summed E-state index contributed by atoms with van der Waals surface area (Å²) in [6.07, 6.45) is 0. The van der Waals surface area contributed by atoms with E-state index < -0.39 is 22.8 Å². The minimum Gasteiger partial charge on any atom is -0.479 e. The van der Waals surface area contributed by atoms with Gasteiger partial charge in [0.15, 0.2) is 0 Å². The van der Waals surface area contributed by atoms with E-state index in [0.717, 1.165) is 0 Å². The molecule has 0 aliphatic heterocycles. The van der Waals surface area contributed by atoms with Crippen molar-refractivity contribution in [2.75, 3.05) is 0 Å². The molecule has 0 saturated carbocycles. The normalized spacial score (nSPS) is 15.5. The summed E-state index contributed by atoms with van der Waals surface area (Å²) in [7, 11) is 0. The SMILES string of the molecule is O=C(O)[C@H](O)S[C@H](O)C(=O)O. The van der Waals surface area contributed by atoms with Gasteiger partial charge in [-0.2, -0.15) is 0 Å². The lowest BCUT2D eigenvalue weighted by Crippen LogP contribution is -2.24. The zero-order valence-electron chi connectivity index (χ0n) is 5.17. The van der Waals surface area contributed by atoms with Crippen molar-refractivity contribution >= 4 is 23.7 Å². The van der Waals surface area contributed by atoms with E-state index >= 15 is 0 Å². The van der Waals surface area contributed by atoms with Gasteiger partial charge in [0.1, 0.15) is 0 Å². The summed E-state index contributed by atoms with van der Waals surface area (Å²) in [6, 6.07) is 0. The molecule has 0 aromatic heterocycles. The number of carboxylic acids is 2. The van der Waals surface area contributed by atoms with Crippen LogP contribution >= 0.6 is 11.8 Å². The van der Waals surface area contributed by atoms with Crippen molar-refractivity contribution < 1.29 is 30.0 Å². The monoisotopic (exact) mass is 182 g/mol. The minimum absolute atomic E-state index is 0.0278. The van der Waals surface area contributed by atoms with Gasteiger partial charge in [-0.1, -0.05) is 11.8 Å². The second-order valence-electron chi connectivity index (χ2n) is 1.52. The Morgan fingerprint density at radius 1 is 1.00 bits per heavy atom. The van der Waals surface area contributed by atoms with E-state index in [0.29, 0.717) is 0 Å². The molecule has 7 heteroatoms. The van der Waals surface area contributed by atoms with Gasteiger partial charge >= 0.3 is 11.9 Å². The summed E-state index contributed by atoms with van der Waals surface area (Å²) in [5.74, 6) is -3.18. The molecule has 2 atom stereocenters. The summed E-state index contributed by atoms with van der Waals surface area (Å²) in [6.45, 7) is 0. The van der Waals surface area contributed by atoms with Gasteiger partial charge < -0.3 is 20.4 Å². The van der Waals surface area contributed by atoms with Crippen molar-refractivity contribution in [2.45, 2.75) is 10.9 Å². The molecule has 0 aliphatic rings. The number of hydrogen-bond donors (Lipinski definition) is 4. The van der Waals surface area contributed by atoms with E-state index in [9.17, 15) is 9.59 Å². The fourth-order valence-corrected chi connectivity index (χ4v) is 0.716. The molecule has 0 aromatic carbocycles. The van der Waals surface area contributed by atoms with Crippen LogP contribution in [0.3, 0.4) is 0 Å². The van der Waals surface area contributed by atoms with Gasteiger partial charge in [0.2, 0.25) is 10.9 Å². The number of hydrogen-bond acceptors (Lipinski definition) is 5. The summed E-state index contributed by atoms with van der Waals surface area (Å²) < 4.78 is 0. The zero-order chi connectivity index (χ0) is 9.02. The van der Waals surface area contributed by atoms with E-state index in [2.05, 4.69) is 0 Å². The number of aliphatic carboxylic acids is 2. The Hall–Kier alpha value is -0.790. The summed E-state index contributed by atoms with van der Waals surface area (Å²) in [4.78, 5) is 19.8. The van der Waals surface area contributed by atoms with Crippen LogP contribution in [-0.4, -0.2) is 43.2 Å². The van der Waals surface area contributed by atoms with E-state index in [1.54, 1.807) is 0 Å². The van der Waals surface area contributed by atoms with Gasteiger partial charge in [-0.05, 0) is 0 Å². The lowest BCUT2D eigenvalue weighted by Gasteiger charge is -2.06. The predicted molar refractivity (Wildman–Crippen MR) is 34.9 cm³/mol. The highest BCUT2D eigenvalue weighted by molar-refractivity contribution is 8.01. The largest absolute Gasteiger partial charge is 0.479 e. The van der Waals surface area contributed by atoms with Crippen LogP contribution in [0.15, 0.2) is 0 Å². The summed E-state index contributed by atoms with van der Waals surface area (Å²) >= 11 is 0.0278. The van der Waals surface area contributed by atoms with Gasteiger partial charge in [0.25, 0.3) is 0 Å². The molecule has 0 amide bonds. The third kappa shape index (κ3) is 3.81. The number of carboxylic acid groups (broad SMARTS) is 2. The molecule has 6 nitrogen and oxygen atoms in total. The third-order valence-electron chi connectivity index (χ3n) is 0.680. The van der Waals surface area contributed by atoms with E-state index in [4.69, 9.17) is 20.4 Å². The van der Waals surface area contributed by atoms with Crippen molar-refractivity contribution in [3.05, 3.63) is 0 Å². The van der Waals surface area contributed by atoms with Crippen molar-refractivity contribution in [3.8, 4) is 0 Å². The molecule has 0 heterocycles. The zero-order valence-corrected chi connectivity index (χ0v) is 5.98. The molecule has 0 saturated heterocycles. The Labute approximate surface area is 65.5 Å².